The van der Waals surface area contributed by atoms with Crippen LogP contribution in [0, 0.1) is 0 Å². The van der Waals surface area contributed by atoms with E-state index < -0.39 is 27.1 Å². The van der Waals surface area contributed by atoms with Gasteiger partial charge >= 0.3 is 0 Å². The number of morpholine rings is 1. The average molecular weight is 528 g/mol. The van der Waals surface area contributed by atoms with Crippen LogP contribution in [0.3, 0.4) is 0 Å². The van der Waals surface area contributed by atoms with E-state index in [-0.39, 0.29) is 16.6 Å². The average Bonchev–Trinajstić information content (AvgIpc) is 2.98. The molecule has 166 valence electrons. The molecule has 0 bridgehead atoms. The fourth-order valence-corrected chi connectivity index (χ4v) is 5.48. The number of nitrogens with zero attached hydrogens (tertiary/aromatic N) is 1. The molecule has 0 saturated carbocycles. The first kappa shape index (κ1) is 22.7. The standard InChI is InChI=1S/C20H22BrN3O5S2/c1-24-18(25)20(23-19(24)30,13-3-2-4-14(21)10-13)15-9-12(16-11-22-7-8-29-16)5-6-17(15)31(26,27)28/h2-6,9-10,16,19,22-23,30H,7-8,11H2,1H3,(H,26,27,28). The van der Waals surface area contributed by atoms with Gasteiger partial charge in [0.15, 0.2) is 5.54 Å². The van der Waals surface area contributed by atoms with Gasteiger partial charge < -0.3 is 15.0 Å². The Labute approximate surface area is 194 Å². The fourth-order valence-electron chi connectivity index (χ4n) is 4.05. The number of carbonyl (C=O) groups is 1. The van der Waals surface area contributed by atoms with Gasteiger partial charge in [0.25, 0.3) is 16.0 Å². The molecule has 0 radical (unpaired) electrons. The van der Waals surface area contributed by atoms with Gasteiger partial charge in [-0.25, -0.2) is 0 Å². The summed E-state index contributed by atoms with van der Waals surface area (Å²) in [6.45, 7) is 1.78. The first-order chi connectivity index (χ1) is 14.6. The number of carbonyl (C=O) groups excluding carboxylic acids is 1. The van der Waals surface area contributed by atoms with Crippen LogP contribution in [0.4, 0.5) is 0 Å². The van der Waals surface area contributed by atoms with E-state index in [1.165, 1.54) is 11.0 Å². The highest BCUT2D eigenvalue weighted by atomic mass is 79.9. The van der Waals surface area contributed by atoms with Crippen LogP contribution in [0.25, 0.3) is 0 Å². The molecule has 3 unspecified atom stereocenters. The summed E-state index contributed by atoms with van der Waals surface area (Å²) >= 11 is 7.88. The Morgan fingerprint density at radius 2 is 2.06 bits per heavy atom. The lowest BCUT2D eigenvalue weighted by atomic mass is 9.81. The molecule has 3 atom stereocenters. The van der Waals surface area contributed by atoms with Gasteiger partial charge in [-0.15, -0.1) is 12.6 Å². The maximum Gasteiger partial charge on any atom is 0.294 e. The molecule has 0 aromatic heterocycles. The third kappa shape index (κ3) is 4.04. The number of likely N-dealkylation sites (N-methyl/N-ethyl adjacent to an activating group) is 1. The van der Waals surface area contributed by atoms with Gasteiger partial charge in [-0.05, 0) is 35.4 Å². The van der Waals surface area contributed by atoms with E-state index >= 15 is 0 Å². The molecule has 31 heavy (non-hydrogen) atoms. The monoisotopic (exact) mass is 527 g/mol. The molecule has 1 amide bonds. The predicted octanol–water partition coefficient (Wildman–Crippen LogP) is 1.88. The lowest BCUT2D eigenvalue weighted by Crippen LogP contribution is -2.46. The Kier molecular flexibility index (Phi) is 6.21. The van der Waals surface area contributed by atoms with Crippen molar-refractivity contribution in [3.63, 3.8) is 0 Å². The molecule has 2 fully saturated rings. The third-order valence-electron chi connectivity index (χ3n) is 5.60. The Hall–Kier alpha value is -1.47. The van der Waals surface area contributed by atoms with E-state index in [1.807, 2.05) is 0 Å². The van der Waals surface area contributed by atoms with Crippen molar-refractivity contribution in [1.82, 2.24) is 15.5 Å². The van der Waals surface area contributed by atoms with Gasteiger partial charge in [0.05, 0.1) is 17.6 Å². The molecule has 2 aromatic rings. The second-order valence-electron chi connectivity index (χ2n) is 7.49. The minimum Gasteiger partial charge on any atom is -0.371 e. The van der Waals surface area contributed by atoms with Gasteiger partial charge in [-0.2, -0.15) is 8.42 Å². The lowest BCUT2D eigenvalue weighted by molar-refractivity contribution is -0.130. The number of hydrogen-bond donors (Lipinski definition) is 4. The molecule has 11 heteroatoms. The van der Waals surface area contributed by atoms with Crippen molar-refractivity contribution >= 4 is 44.6 Å². The Balaban J connectivity index is 2.01. The summed E-state index contributed by atoms with van der Waals surface area (Å²) in [7, 11) is -3.06. The number of rotatable bonds is 4. The van der Waals surface area contributed by atoms with Crippen molar-refractivity contribution in [1.29, 1.82) is 0 Å². The summed E-state index contributed by atoms with van der Waals surface area (Å²) in [4.78, 5) is 14.6. The molecule has 2 aliphatic heterocycles. The molecule has 2 heterocycles. The number of amides is 1. The summed E-state index contributed by atoms with van der Waals surface area (Å²) in [6, 6.07) is 11.6. The molecular weight excluding hydrogens is 506 g/mol. The van der Waals surface area contributed by atoms with Gasteiger partial charge in [-0.1, -0.05) is 34.1 Å². The van der Waals surface area contributed by atoms with Crippen LogP contribution in [0.2, 0.25) is 0 Å². The van der Waals surface area contributed by atoms with Crippen molar-refractivity contribution in [3.05, 3.63) is 63.6 Å². The van der Waals surface area contributed by atoms with Gasteiger partial charge in [0, 0.05) is 30.2 Å². The number of hydrogen-bond acceptors (Lipinski definition) is 7. The maximum atomic E-state index is 13.6. The molecule has 0 spiro atoms. The number of nitrogens with one attached hydrogen (secondary N) is 2. The largest absolute Gasteiger partial charge is 0.371 e. The Bertz CT molecular complexity index is 1120. The molecule has 2 aromatic carbocycles. The van der Waals surface area contributed by atoms with E-state index in [2.05, 4.69) is 39.2 Å². The summed E-state index contributed by atoms with van der Waals surface area (Å²) in [5.74, 6) is -0.393. The van der Waals surface area contributed by atoms with Crippen LogP contribution >= 0.6 is 28.6 Å². The molecule has 3 N–H and O–H groups in total. The first-order valence-corrected chi connectivity index (χ1v) is 12.3. The van der Waals surface area contributed by atoms with Crippen LogP contribution in [-0.4, -0.2) is 56.0 Å². The number of halogens is 1. The van der Waals surface area contributed by atoms with Crippen LogP contribution in [0.1, 0.15) is 22.8 Å². The van der Waals surface area contributed by atoms with Crippen LogP contribution in [0.5, 0.6) is 0 Å². The highest BCUT2D eigenvalue weighted by Gasteiger charge is 2.53. The van der Waals surface area contributed by atoms with Crippen molar-refractivity contribution in [2.24, 2.45) is 0 Å². The minimum atomic E-state index is -4.64. The van der Waals surface area contributed by atoms with Gasteiger partial charge in [0.1, 0.15) is 5.50 Å². The summed E-state index contributed by atoms with van der Waals surface area (Å²) < 4.78 is 41.2. The van der Waals surface area contributed by atoms with E-state index in [0.717, 1.165) is 6.54 Å². The van der Waals surface area contributed by atoms with E-state index in [1.54, 1.807) is 43.4 Å². The highest BCUT2D eigenvalue weighted by molar-refractivity contribution is 9.10. The second-order valence-corrected chi connectivity index (χ2v) is 10.3. The molecule has 2 aliphatic rings. The highest BCUT2D eigenvalue weighted by Crippen LogP contribution is 2.42. The molecular formula is C20H22BrN3O5S2. The van der Waals surface area contributed by atoms with E-state index in [4.69, 9.17) is 4.74 Å². The summed E-state index contributed by atoms with van der Waals surface area (Å²) in [6.07, 6.45) is -0.316. The minimum absolute atomic E-state index is 0.119. The smallest absolute Gasteiger partial charge is 0.294 e. The molecule has 2 saturated heterocycles. The first-order valence-electron chi connectivity index (χ1n) is 9.58. The lowest BCUT2D eigenvalue weighted by Gasteiger charge is -2.32. The normalized spacial score (nSPS) is 27.0. The zero-order chi connectivity index (χ0) is 22.4. The van der Waals surface area contributed by atoms with Crippen LogP contribution < -0.4 is 10.6 Å². The maximum absolute atomic E-state index is 13.6. The van der Waals surface area contributed by atoms with Crippen molar-refractivity contribution < 1.29 is 22.5 Å². The zero-order valence-corrected chi connectivity index (χ0v) is 19.9. The molecule has 4 rings (SSSR count). The quantitative estimate of drug-likeness (QED) is 0.355. The SMILES string of the molecule is CN1C(=O)C(c2cccc(Br)c2)(c2cc(C3CNCCO3)ccc2S(=O)(=O)O)NC1S. The topological polar surface area (TPSA) is 108 Å². The number of ether oxygens (including phenoxy) is 1. The second kappa shape index (κ2) is 8.47. The molecule has 8 nitrogen and oxygen atoms in total. The Morgan fingerprint density at radius 1 is 1.29 bits per heavy atom. The van der Waals surface area contributed by atoms with Crippen LogP contribution in [-0.2, 0) is 25.2 Å². The van der Waals surface area contributed by atoms with Gasteiger partial charge in [-0.3, -0.25) is 14.7 Å². The summed E-state index contributed by atoms with van der Waals surface area (Å²) in [5, 5.41) is 6.39. The molecule has 0 aliphatic carbocycles. The van der Waals surface area contributed by atoms with Crippen molar-refractivity contribution in [2.45, 2.75) is 22.0 Å². The van der Waals surface area contributed by atoms with Crippen molar-refractivity contribution in [2.75, 3.05) is 26.7 Å². The number of benzene rings is 2. The number of thiol groups is 1. The van der Waals surface area contributed by atoms with E-state index in [9.17, 15) is 17.8 Å². The van der Waals surface area contributed by atoms with Gasteiger partial charge in [0.2, 0.25) is 0 Å². The van der Waals surface area contributed by atoms with Crippen LogP contribution in [0.15, 0.2) is 51.8 Å². The Morgan fingerprint density at radius 3 is 2.65 bits per heavy atom. The van der Waals surface area contributed by atoms with Crippen molar-refractivity contribution in [3.8, 4) is 0 Å². The fraction of sp³-hybridized carbons (Fsp3) is 0.350. The third-order valence-corrected chi connectivity index (χ3v) is 7.48. The van der Waals surface area contributed by atoms with E-state index in [0.29, 0.717) is 28.8 Å². The summed E-state index contributed by atoms with van der Waals surface area (Å²) in [5.41, 5.74) is -0.914. The predicted molar refractivity (Wildman–Crippen MR) is 121 cm³/mol. The zero-order valence-electron chi connectivity index (χ0n) is 16.6.